The molecule has 1 N–H and O–H groups in total. The third-order valence-electron chi connectivity index (χ3n) is 4.17. The molecule has 20 heavy (non-hydrogen) atoms. The van der Waals surface area contributed by atoms with Crippen LogP contribution in [0.15, 0.2) is 0 Å². The van der Waals surface area contributed by atoms with Gasteiger partial charge in [-0.1, -0.05) is 34.1 Å². The minimum absolute atomic E-state index is 0.0764. The number of nitrogens with one attached hydrogen (secondary N) is 1. The minimum Gasteiger partial charge on any atom is -0.382 e. The molecule has 0 aromatic heterocycles. The summed E-state index contributed by atoms with van der Waals surface area (Å²) < 4.78 is 10.6. The van der Waals surface area contributed by atoms with Crippen LogP contribution in [0.25, 0.3) is 0 Å². The van der Waals surface area contributed by atoms with Crippen LogP contribution >= 0.6 is 0 Å². The van der Waals surface area contributed by atoms with Crippen molar-refractivity contribution in [1.82, 2.24) is 10.2 Å². The molecular weight excluding hydrogens is 256 g/mol. The average molecular weight is 286 g/mol. The van der Waals surface area contributed by atoms with Gasteiger partial charge in [0.05, 0.1) is 31.5 Å². The van der Waals surface area contributed by atoms with Crippen molar-refractivity contribution in [2.75, 3.05) is 27.4 Å². The molecule has 1 fully saturated rings. The van der Waals surface area contributed by atoms with Crippen molar-refractivity contribution < 1.29 is 14.3 Å². The smallest absolute Gasteiger partial charge is 0.241 e. The van der Waals surface area contributed by atoms with Crippen molar-refractivity contribution in [2.45, 2.75) is 52.4 Å². The van der Waals surface area contributed by atoms with E-state index in [-0.39, 0.29) is 24.2 Å². The zero-order valence-corrected chi connectivity index (χ0v) is 13.7. The van der Waals surface area contributed by atoms with Crippen LogP contribution in [0, 0.1) is 11.8 Å². The van der Waals surface area contributed by atoms with Crippen LogP contribution in [0.3, 0.4) is 0 Å². The second kappa shape index (κ2) is 7.96. The van der Waals surface area contributed by atoms with Gasteiger partial charge in [0.2, 0.25) is 5.91 Å². The molecule has 0 saturated carbocycles. The highest BCUT2D eigenvalue weighted by Gasteiger charge is 2.42. The molecule has 1 saturated heterocycles. The van der Waals surface area contributed by atoms with Gasteiger partial charge < -0.3 is 14.4 Å². The van der Waals surface area contributed by atoms with Crippen LogP contribution in [0.2, 0.25) is 0 Å². The van der Waals surface area contributed by atoms with Gasteiger partial charge >= 0.3 is 0 Å². The molecule has 0 spiro atoms. The Hall–Kier alpha value is -0.650. The van der Waals surface area contributed by atoms with Gasteiger partial charge in [0.1, 0.15) is 0 Å². The molecule has 4 atom stereocenters. The number of carbonyl (C=O) groups excluding carboxylic acids is 1. The molecule has 4 unspecified atom stereocenters. The first-order valence-electron chi connectivity index (χ1n) is 7.54. The monoisotopic (exact) mass is 286 g/mol. The summed E-state index contributed by atoms with van der Waals surface area (Å²) in [7, 11) is 3.31. The van der Waals surface area contributed by atoms with Gasteiger partial charge in [0.25, 0.3) is 0 Å². The molecule has 1 aliphatic heterocycles. The second-order valence-electron chi connectivity index (χ2n) is 6.02. The van der Waals surface area contributed by atoms with Crippen LogP contribution < -0.4 is 5.32 Å². The van der Waals surface area contributed by atoms with E-state index in [1.807, 2.05) is 4.90 Å². The number of methoxy groups -OCH3 is 2. The number of nitrogens with zero attached hydrogens (tertiary/aromatic N) is 1. The summed E-state index contributed by atoms with van der Waals surface area (Å²) in [6, 6.07) is -0.0764. The predicted molar refractivity (Wildman–Crippen MR) is 79.4 cm³/mol. The third-order valence-corrected chi connectivity index (χ3v) is 4.17. The Morgan fingerprint density at radius 1 is 1.30 bits per heavy atom. The third kappa shape index (κ3) is 3.93. The first kappa shape index (κ1) is 17.4. The largest absolute Gasteiger partial charge is 0.382 e. The van der Waals surface area contributed by atoms with E-state index in [2.05, 4.69) is 33.0 Å². The van der Waals surface area contributed by atoms with Crippen molar-refractivity contribution in [1.29, 1.82) is 0 Å². The predicted octanol–water partition coefficient (Wildman–Crippen LogP) is 1.48. The highest BCUT2D eigenvalue weighted by atomic mass is 16.5. The van der Waals surface area contributed by atoms with E-state index in [9.17, 15) is 4.79 Å². The molecule has 0 aliphatic carbocycles. The summed E-state index contributed by atoms with van der Waals surface area (Å²) in [5.74, 6) is 0.904. The summed E-state index contributed by atoms with van der Waals surface area (Å²) in [6.07, 6.45) is 0.993. The molecule has 1 rings (SSSR count). The lowest BCUT2D eigenvalue weighted by Gasteiger charge is -2.30. The maximum atomic E-state index is 12.6. The molecule has 118 valence electrons. The van der Waals surface area contributed by atoms with Crippen molar-refractivity contribution >= 4 is 5.91 Å². The maximum absolute atomic E-state index is 12.6. The fourth-order valence-corrected chi connectivity index (χ4v) is 2.66. The molecular formula is C15H30N2O3. The minimum atomic E-state index is -0.0808. The van der Waals surface area contributed by atoms with Gasteiger partial charge in [0, 0.05) is 14.2 Å². The first-order chi connectivity index (χ1) is 9.46. The zero-order chi connectivity index (χ0) is 15.3. The van der Waals surface area contributed by atoms with Gasteiger partial charge in [-0.05, 0) is 11.8 Å². The molecule has 5 nitrogen and oxygen atoms in total. The highest BCUT2D eigenvalue weighted by molar-refractivity contribution is 5.84. The van der Waals surface area contributed by atoms with Crippen molar-refractivity contribution in [2.24, 2.45) is 11.8 Å². The summed E-state index contributed by atoms with van der Waals surface area (Å²) >= 11 is 0. The van der Waals surface area contributed by atoms with Crippen LogP contribution in [0.5, 0.6) is 0 Å². The van der Waals surface area contributed by atoms with E-state index in [0.29, 0.717) is 25.0 Å². The van der Waals surface area contributed by atoms with Gasteiger partial charge in [-0.25, -0.2) is 0 Å². The second-order valence-corrected chi connectivity index (χ2v) is 6.02. The lowest BCUT2D eigenvalue weighted by atomic mass is 9.99. The van der Waals surface area contributed by atoms with E-state index in [0.717, 1.165) is 6.42 Å². The van der Waals surface area contributed by atoms with E-state index in [4.69, 9.17) is 9.47 Å². The Morgan fingerprint density at radius 3 is 2.40 bits per heavy atom. The SMILES string of the molecule is CCC(C)C1NC(C(C)C)N(CC(COC)OC)C1=O. The van der Waals surface area contributed by atoms with Gasteiger partial charge in [-0.2, -0.15) is 0 Å². The lowest BCUT2D eigenvalue weighted by molar-refractivity contribution is -0.133. The molecule has 1 amide bonds. The average Bonchev–Trinajstić information content (AvgIpc) is 2.75. The molecule has 1 aliphatic rings. The van der Waals surface area contributed by atoms with Crippen LogP contribution in [-0.4, -0.2) is 56.5 Å². The van der Waals surface area contributed by atoms with E-state index in [1.165, 1.54) is 0 Å². The molecule has 0 aromatic carbocycles. The number of rotatable bonds is 8. The lowest BCUT2D eigenvalue weighted by Crippen LogP contribution is -2.46. The van der Waals surface area contributed by atoms with Crippen molar-refractivity contribution in [3.8, 4) is 0 Å². The van der Waals surface area contributed by atoms with E-state index in [1.54, 1.807) is 14.2 Å². The molecule has 0 bridgehead atoms. The van der Waals surface area contributed by atoms with Crippen LogP contribution in [0.4, 0.5) is 0 Å². The Kier molecular flexibility index (Phi) is 6.92. The Balaban J connectivity index is 2.81. The van der Waals surface area contributed by atoms with Gasteiger partial charge in [0.15, 0.2) is 0 Å². The van der Waals surface area contributed by atoms with Crippen molar-refractivity contribution in [3.05, 3.63) is 0 Å². The summed E-state index contributed by atoms with van der Waals surface area (Å²) in [5, 5.41) is 3.49. The first-order valence-corrected chi connectivity index (χ1v) is 7.54. The van der Waals surface area contributed by atoms with Crippen molar-refractivity contribution in [3.63, 3.8) is 0 Å². The topological polar surface area (TPSA) is 50.8 Å². The van der Waals surface area contributed by atoms with Crippen LogP contribution in [-0.2, 0) is 14.3 Å². The normalized spacial score (nSPS) is 26.4. The summed E-state index contributed by atoms with van der Waals surface area (Å²) in [4.78, 5) is 14.6. The van der Waals surface area contributed by atoms with Crippen LogP contribution in [0.1, 0.15) is 34.1 Å². The molecule has 0 radical (unpaired) electrons. The number of ether oxygens (including phenoxy) is 2. The standard InChI is InChI=1S/C15H30N2O3/c1-7-11(4)13-15(18)17(14(16-13)10(2)3)8-12(20-6)9-19-5/h10-14,16H,7-9H2,1-6H3. The summed E-state index contributed by atoms with van der Waals surface area (Å²) in [5.41, 5.74) is 0. The number of hydrogen-bond donors (Lipinski definition) is 1. The Bertz CT molecular complexity index is 309. The molecule has 0 aromatic rings. The van der Waals surface area contributed by atoms with E-state index >= 15 is 0 Å². The zero-order valence-electron chi connectivity index (χ0n) is 13.7. The number of hydrogen-bond acceptors (Lipinski definition) is 4. The van der Waals surface area contributed by atoms with E-state index < -0.39 is 0 Å². The number of carbonyl (C=O) groups is 1. The van der Waals surface area contributed by atoms with Gasteiger partial charge in [-0.15, -0.1) is 0 Å². The van der Waals surface area contributed by atoms with Gasteiger partial charge in [-0.3, -0.25) is 10.1 Å². The highest BCUT2D eigenvalue weighted by Crippen LogP contribution is 2.23. The molecule has 1 heterocycles. The molecule has 5 heteroatoms. The fraction of sp³-hybridized carbons (Fsp3) is 0.933. The fourth-order valence-electron chi connectivity index (χ4n) is 2.66. The Morgan fingerprint density at radius 2 is 1.95 bits per heavy atom. The number of amides is 1. The summed E-state index contributed by atoms with van der Waals surface area (Å²) in [6.45, 7) is 9.59. The maximum Gasteiger partial charge on any atom is 0.241 e. The quantitative estimate of drug-likeness (QED) is 0.734. The Labute approximate surface area is 123 Å².